The maximum Gasteiger partial charge on any atom is 0.118 e. The average molecular weight is 251 g/mol. The van der Waals surface area contributed by atoms with Gasteiger partial charge in [-0.25, -0.2) is 0 Å². The number of rotatable bonds is 6. The van der Waals surface area contributed by atoms with Gasteiger partial charge in [0.2, 0.25) is 0 Å². The summed E-state index contributed by atoms with van der Waals surface area (Å²) in [6, 6.07) is 9.24. The Morgan fingerprint density at radius 1 is 1.29 bits per heavy atom. The second-order valence-corrected chi connectivity index (χ2v) is 5.57. The van der Waals surface area contributed by atoms with E-state index >= 15 is 0 Å². The van der Waals surface area contributed by atoms with Crippen molar-refractivity contribution < 1.29 is 4.74 Å². The number of methoxy groups -OCH3 is 1. The molecule has 0 heterocycles. The Balaban J connectivity index is 1.74. The summed E-state index contributed by atoms with van der Waals surface area (Å²) in [7, 11) is 1.71. The molecule has 2 nitrogen and oxygen atoms in total. The summed E-state index contributed by atoms with van der Waals surface area (Å²) in [6.45, 7) is 1.14. The van der Waals surface area contributed by atoms with Crippen molar-refractivity contribution >= 4 is 11.8 Å². The molecule has 0 amide bonds. The van der Waals surface area contributed by atoms with Crippen LogP contribution in [-0.2, 0) is 0 Å². The van der Waals surface area contributed by atoms with Gasteiger partial charge in [-0.3, -0.25) is 0 Å². The van der Waals surface area contributed by atoms with Crippen LogP contribution in [0.1, 0.15) is 24.3 Å². The predicted octanol–water partition coefficient (Wildman–Crippen LogP) is 2.89. The standard InChI is InChI=1S/C14H21NOS/c1-16-14-5-3-11(4-6-14)12-9-13(10-12)15-7-8-17-2/h3-6,12-13,15H,7-10H2,1-2H3. The van der Waals surface area contributed by atoms with Crippen LogP contribution in [0, 0.1) is 0 Å². The molecule has 0 spiro atoms. The van der Waals surface area contributed by atoms with Crippen molar-refractivity contribution in [2.75, 3.05) is 25.7 Å². The first-order valence-electron chi connectivity index (χ1n) is 6.19. The lowest BCUT2D eigenvalue weighted by Crippen LogP contribution is -2.41. The van der Waals surface area contributed by atoms with Crippen molar-refractivity contribution in [3.63, 3.8) is 0 Å². The normalized spacial score (nSPS) is 23.2. The molecule has 0 saturated heterocycles. The van der Waals surface area contributed by atoms with E-state index < -0.39 is 0 Å². The smallest absolute Gasteiger partial charge is 0.118 e. The fourth-order valence-corrected chi connectivity index (χ4v) is 2.62. The number of nitrogens with one attached hydrogen (secondary N) is 1. The van der Waals surface area contributed by atoms with Gasteiger partial charge in [0.05, 0.1) is 7.11 Å². The Hall–Kier alpha value is -0.670. The fourth-order valence-electron chi connectivity index (χ4n) is 2.30. The van der Waals surface area contributed by atoms with Crippen LogP contribution in [0.25, 0.3) is 0 Å². The first-order valence-corrected chi connectivity index (χ1v) is 7.59. The summed E-state index contributed by atoms with van der Waals surface area (Å²) >= 11 is 1.90. The third kappa shape index (κ3) is 3.39. The summed E-state index contributed by atoms with van der Waals surface area (Å²) in [5.74, 6) is 2.90. The van der Waals surface area contributed by atoms with Gasteiger partial charge in [-0.1, -0.05) is 12.1 Å². The van der Waals surface area contributed by atoms with Crippen LogP contribution in [0.15, 0.2) is 24.3 Å². The molecule has 1 aromatic rings. The molecule has 1 saturated carbocycles. The molecular weight excluding hydrogens is 230 g/mol. The summed E-state index contributed by atoms with van der Waals surface area (Å²) in [5.41, 5.74) is 1.45. The van der Waals surface area contributed by atoms with E-state index in [1.165, 1.54) is 24.2 Å². The topological polar surface area (TPSA) is 21.3 Å². The molecule has 1 N–H and O–H groups in total. The van der Waals surface area contributed by atoms with Gasteiger partial charge in [-0.05, 0) is 42.7 Å². The summed E-state index contributed by atoms with van der Waals surface area (Å²) in [5, 5.41) is 3.60. The summed E-state index contributed by atoms with van der Waals surface area (Å²) in [4.78, 5) is 0. The van der Waals surface area contributed by atoms with Crippen molar-refractivity contribution in [3.8, 4) is 5.75 Å². The Kier molecular flexibility index (Phi) is 4.75. The molecule has 0 aliphatic heterocycles. The number of thioether (sulfide) groups is 1. The molecule has 1 fully saturated rings. The van der Waals surface area contributed by atoms with Crippen molar-refractivity contribution in [2.24, 2.45) is 0 Å². The predicted molar refractivity (Wildman–Crippen MR) is 75.1 cm³/mol. The van der Waals surface area contributed by atoms with Crippen LogP contribution < -0.4 is 10.1 Å². The molecule has 0 aromatic heterocycles. The van der Waals surface area contributed by atoms with Crippen LogP contribution in [0.3, 0.4) is 0 Å². The molecule has 94 valence electrons. The van der Waals surface area contributed by atoms with Gasteiger partial charge >= 0.3 is 0 Å². The highest BCUT2D eigenvalue weighted by Crippen LogP contribution is 2.37. The number of benzene rings is 1. The van der Waals surface area contributed by atoms with Crippen LogP contribution >= 0.6 is 11.8 Å². The molecule has 1 aromatic carbocycles. The number of ether oxygens (including phenoxy) is 1. The average Bonchev–Trinajstić information content (AvgIpc) is 2.32. The van der Waals surface area contributed by atoms with Gasteiger partial charge < -0.3 is 10.1 Å². The van der Waals surface area contributed by atoms with Crippen molar-refractivity contribution in [1.29, 1.82) is 0 Å². The minimum Gasteiger partial charge on any atom is -0.497 e. The number of hydrogen-bond acceptors (Lipinski definition) is 3. The third-order valence-electron chi connectivity index (χ3n) is 3.46. The lowest BCUT2D eigenvalue weighted by atomic mass is 9.76. The lowest BCUT2D eigenvalue weighted by Gasteiger charge is -2.36. The lowest BCUT2D eigenvalue weighted by molar-refractivity contribution is 0.296. The maximum atomic E-state index is 5.17. The Labute approximate surface area is 108 Å². The van der Waals surface area contributed by atoms with E-state index in [1.54, 1.807) is 7.11 Å². The minimum absolute atomic E-state index is 0.731. The molecule has 0 bridgehead atoms. The zero-order valence-electron chi connectivity index (χ0n) is 10.6. The molecule has 17 heavy (non-hydrogen) atoms. The molecule has 2 rings (SSSR count). The van der Waals surface area contributed by atoms with E-state index in [4.69, 9.17) is 4.74 Å². The third-order valence-corrected chi connectivity index (χ3v) is 4.08. The highest BCUT2D eigenvalue weighted by Gasteiger charge is 2.29. The molecule has 0 unspecified atom stereocenters. The second-order valence-electron chi connectivity index (χ2n) is 4.59. The van der Waals surface area contributed by atoms with Crippen LogP contribution in [-0.4, -0.2) is 31.7 Å². The van der Waals surface area contributed by atoms with E-state index in [2.05, 4.69) is 35.8 Å². The summed E-state index contributed by atoms with van der Waals surface area (Å²) < 4.78 is 5.17. The van der Waals surface area contributed by atoms with Crippen LogP contribution in [0.2, 0.25) is 0 Å². The van der Waals surface area contributed by atoms with Gasteiger partial charge in [-0.2, -0.15) is 11.8 Å². The van der Waals surface area contributed by atoms with Gasteiger partial charge in [0, 0.05) is 18.3 Å². The van der Waals surface area contributed by atoms with Crippen LogP contribution in [0.5, 0.6) is 5.75 Å². The molecule has 1 aliphatic rings. The Morgan fingerprint density at radius 2 is 2.00 bits per heavy atom. The van der Waals surface area contributed by atoms with Crippen molar-refractivity contribution in [3.05, 3.63) is 29.8 Å². The second kappa shape index (κ2) is 6.31. The molecule has 0 radical (unpaired) electrons. The Morgan fingerprint density at radius 3 is 2.59 bits per heavy atom. The summed E-state index contributed by atoms with van der Waals surface area (Å²) in [6.07, 6.45) is 4.71. The van der Waals surface area contributed by atoms with Crippen molar-refractivity contribution in [2.45, 2.75) is 24.8 Å². The van der Waals surface area contributed by atoms with Gasteiger partial charge in [-0.15, -0.1) is 0 Å². The largest absolute Gasteiger partial charge is 0.497 e. The monoisotopic (exact) mass is 251 g/mol. The Bertz CT molecular complexity index is 333. The van der Waals surface area contributed by atoms with Gasteiger partial charge in [0.1, 0.15) is 5.75 Å². The van der Waals surface area contributed by atoms with E-state index in [1.807, 2.05) is 11.8 Å². The molecule has 1 aliphatic carbocycles. The van der Waals surface area contributed by atoms with E-state index in [0.29, 0.717) is 0 Å². The minimum atomic E-state index is 0.731. The fraction of sp³-hybridized carbons (Fsp3) is 0.571. The highest BCUT2D eigenvalue weighted by molar-refractivity contribution is 7.98. The zero-order chi connectivity index (χ0) is 12.1. The maximum absolute atomic E-state index is 5.17. The molecule has 3 heteroatoms. The quantitative estimate of drug-likeness (QED) is 0.786. The first-order chi connectivity index (χ1) is 8.33. The van der Waals surface area contributed by atoms with E-state index in [-0.39, 0.29) is 0 Å². The molecule has 0 atom stereocenters. The first kappa shape index (κ1) is 12.8. The molecular formula is C14H21NOS. The van der Waals surface area contributed by atoms with E-state index in [9.17, 15) is 0 Å². The van der Waals surface area contributed by atoms with Gasteiger partial charge in [0.25, 0.3) is 0 Å². The SMILES string of the molecule is COc1ccc(C2CC(NCCSC)C2)cc1. The van der Waals surface area contributed by atoms with Crippen molar-refractivity contribution in [1.82, 2.24) is 5.32 Å². The van der Waals surface area contributed by atoms with Gasteiger partial charge in [0.15, 0.2) is 0 Å². The zero-order valence-corrected chi connectivity index (χ0v) is 11.4. The van der Waals surface area contributed by atoms with Crippen LogP contribution in [0.4, 0.5) is 0 Å². The number of hydrogen-bond donors (Lipinski definition) is 1. The highest BCUT2D eigenvalue weighted by atomic mass is 32.2. The van der Waals surface area contributed by atoms with E-state index in [0.717, 1.165) is 24.3 Å².